The monoisotopic (exact) mass is 251 g/mol. The van der Waals surface area contributed by atoms with Gasteiger partial charge in [0.1, 0.15) is 0 Å². The standard InChI is InChI=1S/C12H17N3OS/c1-9-3-2-4-10(7-9)12-14-11(16-15-12)8-17-6-5-13/h9-10H,2-4,6-8H2,1H3. The third-order valence-corrected chi connectivity index (χ3v) is 3.96. The van der Waals surface area contributed by atoms with Gasteiger partial charge in [0.2, 0.25) is 5.89 Å². The zero-order valence-electron chi connectivity index (χ0n) is 10.1. The molecule has 2 unspecified atom stereocenters. The van der Waals surface area contributed by atoms with Crippen LogP contribution < -0.4 is 0 Å². The maximum absolute atomic E-state index is 8.45. The summed E-state index contributed by atoms with van der Waals surface area (Å²) in [6, 6.07) is 2.09. The molecule has 0 saturated heterocycles. The molecule has 1 saturated carbocycles. The van der Waals surface area contributed by atoms with Gasteiger partial charge in [-0.25, -0.2) is 0 Å². The van der Waals surface area contributed by atoms with Crippen molar-refractivity contribution in [2.24, 2.45) is 5.92 Å². The van der Waals surface area contributed by atoms with Crippen molar-refractivity contribution in [3.05, 3.63) is 11.7 Å². The van der Waals surface area contributed by atoms with Crippen LogP contribution in [0.15, 0.2) is 4.52 Å². The highest BCUT2D eigenvalue weighted by Gasteiger charge is 2.24. The van der Waals surface area contributed by atoms with Gasteiger partial charge in [-0.2, -0.15) is 10.2 Å². The molecular weight excluding hydrogens is 234 g/mol. The Morgan fingerprint density at radius 1 is 1.53 bits per heavy atom. The lowest BCUT2D eigenvalue weighted by Gasteiger charge is -2.23. The highest BCUT2D eigenvalue weighted by molar-refractivity contribution is 7.98. The molecule has 0 aliphatic heterocycles. The summed E-state index contributed by atoms with van der Waals surface area (Å²) in [4.78, 5) is 4.43. The average molecular weight is 251 g/mol. The summed E-state index contributed by atoms with van der Waals surface area (Å²) in [7, 11) is 0. The quantitative estimate of drug-likeness (QED) is 0.769. The van der Waals surface area contributed by atoms with Crippen molar-refractivity contribution in [3.8, 4) is 6.07 Å². The largest absolute Gasteiger partial charge is 0.338 e. The molecular formula is C12H17N3OS. The Morgan fingerprint density at radius 3 is 3.18 bits per heavy atom. The predicted molar refractivity (Wildman–Crippen MR) is 66.4 cm³/mol. The van der Waals surface area contributed by atoms with Crippen molar-refractivity contribution in [1.82, 2.24) is 10.1 Å². The van der Waals surface area contributed by atoms with Gasteiger partial charge in [-0.3, -0.25) is 0 Å². The maximum Gasteiger partial charge on any atom is 0.236 e. The van der Waals surface area contributed by atoms with Crippen LogP contribution >= 0.6 is 11.8 Å². The number of aromatic nitrogens is 2. The Morgan fingerprint density at radius 2 is 2.41 bits per heavy atom. The van der Waals surface area contributed by atoms with Crippen LogP contribution in [0.3, 0.4) is 0 Å². The first kappa shape index (κ1) is 12.4. The number of hydrogen-bond acceptors (Lipinski definition) is 5. The van der Waals surface area contributed by atoms with E-state index in [-0.39, 0.29) is 0 Å². The molecule has 2 atom stereocenters. The van der Waals surface area contributed by atoms with Gasteiger partial charge < -0.3 is 4.52 Å². The average Bonchev–Trinajstić information content (AvgIpc) is 2.78. The van der Waals surface area contributed by atoms with E-state index in [4.69, 9.17) is 9.78 Å². The fraction of sp³-hybridized carbons (Fsp3) is 0.750. The minimum atomic E-state index is 0.470. The summed E-state index contributed by atoms with van der Waals surface area (Å²) in [5.41, 5.74) is 0. The van der Waals surface area contributed by atoms with E-state index < -0.39 is 0 Å². The molecule has 1 aliphatic rings. The molecule has 0 aromatic carbocycles. The lowest BCUT2D eigenvalue weighted by atomic mass is 9.82. The van der Waals surface area contributed by atoms with Crippen LogP contribution in [-0.4, -0.2) is 15.9 Å². The molecule has 0 N–H and O–H groups in total. The number of hydrogen-bond donors (Lipinski definition) is 0. The topological polar surface area (TPSA) is 62.7 Å². The molecule has 1 heterocycles. The van der Waals surface area contributed by atoms with Crippen molar-refractivity contribution in [1.29, 1.82) is 5.26 Å². The molecule has 0 bridgehead atoms. The van der Waals surface area contributed by atoms with E-state index >= 15 is 0 Å². The van der Waals surface area contributed by atoms with Crippen molar-refractivity contribution in [2.45, 2.75) is 44.3 Å². The van der Waals surface area contributed by atoms with Crippen LogP contribution in [0.5, 0.6) is 0 Å². The molecule has 0 amide bonds. The Bertz CT molecular complexity index is 399. The Kier molecular flexibility index (Phi) is 4.43. The van der Waals surface area contributed by atoms with Crippen molar-refractivity contribution >= 4 is 11.8 Å². The van der Waals surface area contributed by atoms with Crippen LogP contribution in [0.25, 0.3) is 0 Å². The number of nitrogens with zero attached hydrogens (tertiary/aromatic N) is 3. The van der Waals surface area contributed by atoms with Crippen LogP contribution in [0, 0.1) is 17.2 Å². The minimum Gasteiger partial charge on any atom is -0.338 e. The second-order valence-electron chi connectivity index (χ2n) is 4.67. The summed E-state index contributed by atoms with van der Waals surface area (Å²) in [5, 5.41) is 12.5. The highest BCUT2D eigenvalue weighted by atomic mass is 32.2. The predicted octanol–water partition coefficient (Wildman–Crippen LogP) is 3.12. The summed E-state index contributed by atoms with van der Waals surface area (Å²) in [6.45, 7) is 2.29. The molecule has 1 aromatic heterocycles. The van der Waals surface area contributed by atoms with E-state index in [2.05, 4.69) is 23.1 Å². The molecule has 2 rings (SSSR count). The molecule has 0 radical (unpaired) electrons. The van der Waals surface area contributed by atoms with E-state index in [1.807, 2.05) is 0 Å². The molecule has 5 heteroatoms. The first-order valence-corrected chi connectivity index (χ1v) is 7.22. The first-order chi connectivity index (χ1) is 8.29. The Hall–Kier alpha value is -1.02. The van der Waals surface area contributed by atoms with Gasteiger partial charge in [0.15, 0.2) is 5.82 Å². The second kappa shape index (κ2) is 6.06. The maximum atomic E-state index is 8.45. The number of thioether (sulfide) groups is 1. The molecule has 4 nitrogen and oxygen atoms in total. The molecule has 92 valence electrons. The van der Waals surface area contributed by atoms with Crippen LogP contribution in [0.1, 0.15) is 50.2 Å². The Balaban J connectivity index is 1.91. The highest BCUT2D eigenvalue weighted by Crippen LogP contribution is 2.34. The SMILES string of the molecule is CC1CCCC(c2noc(CSCC#N)n2)C1. The molecule has 1 aliphatic carbocycles. The molecule has 1 fully saturated rings. The van der Waals surface area contributed by atoms with Gasteiger partial charge in [0, 0.05) is 5.92 Å². The van der Waals surface area contributed by atoms with Gasteiger partial charge in [-0.1, -0.05) is 24.9 Å². The van der Waals surface area contributed by atoms with Gasteiger partial charge in [0.05, 0.1) is 17.6 Å². The number of nitriles is 1. The molecule has 0 spiro atoms. The van der Waals surface area contributed by atoms with Gasteiger partial charge in [-0.15, -0.1) is 11.8 Å². The zero-order valence-corrected chi connectivity index (χ0v) is 10.9. The normalized spacial score (nSPS) is 24.5. The fourth-order valence-corrected chi connectivity index (χ4v) is 2.83. The third kappa shape index (κ3) is 3.47. The van der Waals surface area contributed by atoms with Crippen molar-refractivity contribution in [3.63, 3.8) is 0 Å². The van der Waals surface area contributed by atoms with Crippen molar-refractivity contribution in [2.75, 3.05) is 5.75 Å². The molecule has 1 aromatic rings. The van der Waals surface area contributed by atoms with Crippen LogP contribution in [0.4, 0.5) is 0 Å². The van der Waals surface area contributed by atoms with E-state index in [0.717, 1.165) is 11.7 Å². The molecule has 17 heavy (non-hydrogen) atoms. The van der Waals surface area contributed by atoms with E-state index in [0.29, 0.717) is 23.3 Å². The first-order valence-electron chi connectivity index (χ1n) is 6.06. The van der Waals surface area contributed by atoms with Crippen molar-refractivity contribution < 1.29 is 4.52 Å². The lowest BCUT2D eigenvalue weighted by Crippen LogP contribution is -2.12. The van der Waals surface area contributed by atoms with Gasteiger partial charge in [-0.05, 0) is 18.8 Å². The van der Waals surface area contributed by atoms with E-state index in [1.54, 1.807) is 0 Å². The summed E-state index contributed by atoms with van der Waals surface area (Å²) < 4.78 is 5.21. The van der Waals surface area contributed by atoms with Crippen LogP contribution in [0.2, 0.25) is 0 Å². The third-order valence-electron chi connectivity index (χ3n) is 3.18. The van der Waals surface area contributed by atoms with E-state index in [9.17, 15) is 0 Å². The van der Waals surface area contributed by atoms with Gasteiger partial charge in [0.25, 0.3) is 0 Å². The lowest BCUT2D eigenvalue weighted by molar-refractivity contribution is 0.321. The zero-order chi connectivity index (χ0) is 12.1. The van der Waals surface area contributed by atoms with Crippen LogP contribution in [-0.2, 0) is 5.75 Å². The van der Waals surface area contributed by atoms with Gasteiger partial charge >= 0.3 is 0 Å². The summed E-state index contributed by atoms with van der Waals surface area (Å²) in [5.74, 6) is 3.87. The number of rotatable bonds is 4. The van der Waals surface area contributed by atoms with E-state index in [1.165, 1.54) is 37.4 Å². The fourth-order valence-electron chi connectivity index (χ4n) is 2.35. The smallest absolute Gasteiger partial charge is 0.236 e. The Labute approximate surface area is 106 Å². The summed E-state index contributed by atoms with van der Waals surface area (Å²) >= 11 is 1.51. The summed E-state index contributed by atoms with van der Waals surface area (Å²) in [6.07, 6.45) is 4.93. The second-order valence-corrected chi connectivity index (χ2v) is 5.65. The minimum absolute atomic E-state index is 0.470.